The molecule has 0 saturated carbocycles. The van der Waals surface area contributed by atoms with E-state index in [-0.39, 0.29) is 0 Å². The fourth-order valence-electron chi connectivity index (χ4n) is 0.986. The standard InChI is InChI=1S/C10H15N/c1-3-9(2)11-8-10-6-4-5-7-10/h4-6,11H,2-3,7-8H2,1H3. The monoisotopic (exact) mass is 149 g/mol. The van der Waals surface area contributed by atoms with Crippen molar-refractivity contribution in [3.05, 3.63) is 36.1 Å². The highest BCUT2D eigenvalue weighted by Crippen LogP contribution is 2.09. The van der Waals surface area contributed by atoms with E-state index in [0.29, 0.717) is 0 Å². The smallest absolute Gasteiger partial charge is 0.0363 e. The number of rotatable bonds is 4. The Balaban J connectivity index is 2.18. The van der Waals surface area contributed by atoms with E-state index in [1.807, 2.05) is 0 Å². The van der Waals surface area contributed by atoms with Crippen molar-refractivity contribution in [3.8, 4) is 0 Å². The zero-order chi connectivity index (χ0) is 8.10. The van der Waals surface area contributed by atoms with Crippen LogP contribution in [0.25, 0.3) is 0 Å². The summed E-state index contributed by atoms with van der Waals surface area (Å²) in [6.07, 6.45) is 8.55. The summed E-state index contributed by atoms with van der Waals surface area (Å²) < 4.78 is 0. The fraction of sp³-hybridized carbons (Fsp3) is 0.400. The topological polar surface area (TPSA) is 12.0 Å². The van der Waals surface area contributed by atoms with Gasteiger partial charge >= 0.3 is 0 Å². The minimum atomic E-state index is 0.958. The van der Waals surface area contributed by atoms with E-state index in [1.54, 1.807) is 0 Å². The van der Waals surface area contributed by atoms with Gasteiger partial charge in [-0.05, 0) is 18.4 Å². The van der Waals surface area contributed by atoms with Crippen molar-refractivity contribution in [1.82, 2.24) is 5.32 Å². The Labute approximate surface area is 68.5 Å². The molecule has 0 radical (unpaired) electrons. The average Bonchev–Trinajstić information content (AvgIpc) is 2.52. The lowest BCUT2D eigenvalue weighted by Crippen LogP contribution is -2.14. The summed E-state index contributed by atoms with van der Waals surface area (Å²) in [5.74, 6) is 0. The molecule has 0 unspecified atom stereocenters. The summed E-state index contributed by atoms with van der Waals surface area (Å²) >= 11 is 0. The minimum absolute atomic E-state index is 0.958. The van der Waals surface area contributed by atoms with Crippen LogP contribution >= 0.6 is 0 Å². The van der Waals surface area contributed by atoms with Crippen LogP contribution in [-0.4, -0.2) is 6.54 Å². The largest absolute Gasteiger partial charge is 0.385 e. The maximum atomic E-state index is 3.88. The molecule has 1 rings (SSSR count). The first-order chi connectivity index (χ1) is 5.33. The molecule has 0 aliphatic heterocycles. The number of nitrogens with one attached hydrogen (secondary N) is 1. The molecule has 0 aromatic heterocycles. The fourth-order valence-corrected chi connectivity index (χ4v) is 0.986. The Hall–Kier alpha value is -0.980. The lowest BCUT2D eigenvalue weighted by molar-refractivity contribution is 0.816. The van der Waals surface area contributed by atoms with Gasteiger partial charge < -0.3 is 5.32 Å². The van der Waals surface area contributed by atoms with Crippen molar-refractivity contribution >= 4 is 0 Å². The Kier molecular flexibility index (Phi) is 2.96. The van der Waals surface area contributed by atoms with Gasteiger partial charge in [0.05, 0.1) is 0 Å². The van der Waals surface area contributed by atoms with Crippen molar-refractivity contribution in [3.63, 3.8) is 0 Å². The molecule has 0 spiro atoms. The lowest BCUT2D eigenvalue weighted by Gasteiger charge is -2.07. The minimum Gasteiger partial charge on any atom is -0.385 e. The number of hydrogen-bond acceptors (Lipinski definition) is 1. The van der Waals surface area contributed by atoms with E-state index in [2.05, 4.69) is 37.0 Å². The van der Waals surface area contributed by atoms with Crippen molar-refractivity contribution < 1.29 is 0 Å². The zero-order valence-corrected chi connectivity index (χ0v) is 7.06. The molecule has 0 aromatic carbocycles. The number of hydrogen-bond donors (Lipinski definition) is 1. The molecule has 60 valence electrons. The Bertz CT molecular complexity index is 199. The second-order valence-corrected chi connectivity index (χ2v) is 2.77. The van der Waals surface area contributed by atoms with Crippen LogP contribution in [0, 0.1) is 0 Å². The van der Waals surface area contributed by atoms with Crippen LogP contribution in [0.1, 0.15) is 19.8 Å². The molecule has 0 aromatic rings. The molecule has 11 heavy (non-hydrogen) atoms. The van der Waals surface area contributed by atoms with Gasteiger partial charge in [0, 0.05) is 12.2 Å². The maximum absolute atomic E-state index is 3.88. The Morgan fingerprint density at radius 1 is 1.73 bits per heavy atom. The summed E-state index contributed by atoms with van der Waals surface area (Å²) in [6.45, 7) is 6.94. The van der Waals surface area contributed by atoms with Crippen LogP contribution in [0.15, 0.2) is 36.1 Å². The van der Waals surface area contributed by atoms with Crippen LogP contribution < -0.4 is 5.32 Å². The first-order valence-electron chi connectivity index (χ1n) is 4.09. The molecule has 0 fully saturated rings. The first kappa shape index (κ1) is 8.12. The lowest BCUT2D eigenvalue weighted by atomic mass is 10.2. The van der Waals surface area contributed by atoms with E-state index < -0.39 is 0 Å². The molecule has 1 heteroatoms. The quantitative estimate of drug-likeness (QED) is 0.647. The summed E-state index contributed by atoms with van der Waals surface area (Å²) in [4.78, 5) is 0. The van der Waals surface area contributed by atoms with Crippen molar-refractivity contribution in [2.75, 3.05) is 6.54 Å². The second-order valence-electron chi connectivity index (χ2n) is 2.77. The van der Waals surface area contributed by atoms with E-state index >= 15 is 0 Å². The Morgan fingerprint density at radius 2 is 2.55 bits per heavy atom. The molecular weight excluding hydrogens is 134 g/mol. The van der Waals surface area contributed by atoms with Crippen molar-refractivity contribution in [2.24, 2.45) is 0 Å². The molecule has 0 bridgehead atoms. The molecule has 1 aliphatic carbocycles. The van der Waals surface area contributed by atoms with Crippen LogP contribution in [-0.2, 0) is 0 Å². The van der Waals surface area contributed by atoms with E-state index in [4.69, 9.17) is 0 Å². The van der Waals surface area contributed by atoms with Crippen molar-refractivity contribution in [2.45, 2.75) is 19.8 Å². The van der Waals surface area contributed by atoms with Crippen LogP contribution in [0.4, 0.5) is 0 Å². The second kappa shape index (κ2) is 4.02. The third-order valence-corrected chi connectivity index (χ3v) is 1.84. The molecule has 1 N–H and O–H groups in total. The third-order valence-electron chi connectivity index (χ3n) is 1.84. The van der Waals surface area contributed by atoms with Gasteiger partial charge in [-0.3, -0.25) is 0 Å². The van der Waals surface area contributed by atoms with Gasteiger partial charge in [0.2, 0.25) is 0 Å². The summed E-state index contributed by atoms with van der Waals surface area (Å²) in [6, 6.07) is 0. The highest BCUT2D eigenvalue weighted by Gasteiger charge is 1.97. The van der Waals surface area contributed by atoms with E-state index in [0.717, 1.165) is 25.1 Å². The van der Waals surface area contributed by atoms with Crippen molar-refractivity contribution in [1.29, 1.82) is 0 Å². The highest BCUT2D eigenvalue weighted by molar-refractivity contribution is 5.24. The summed E-state index contributed by atoms with van der Waals surface area (Å²) in [5, 5.41) is 3.27. The van der Waals surface area contributed by atoms with Gasteiger partial charge in [-0.1, -0.05) is 31.7 Å². The van der Waals surface area contributed by atoms with Gasteiger partial charge in [0.1, 0.15) is 0 Å². The first-order valence-corrected chi connectivity index (χ1v) is 4.09. The van der Waals surface area contributed by atoms with Gasteiger partial charge in [-0.15, -0.1) is 0 Å². The molecule has 0 atom stereocenters. The zero-order valence-electron chi connectivity index (χ0n) is 7.06. The van der Waals surface area contributed by atoms with Crippen LogP contribution in [0.3, 0.4) is 0 Å². The molecule has 0 amide bonds. The predicted octanol–water partition coefficient (Wildman–Crippen LogP) is 2.39. The summed E-state index contributed by atoms with van der Waals surface area (Å²) in [5.41, 5.74) is 2.57. The van der Waals surface area contributed by atoms with E-state index in [9.17, 15) is 0 Å². The van der Waals surface area contributed by atoms with Crippen LogP contribution in [0.5, 0.6) is 0 Å². The number of allylic oxidation sites excluding steroid dienone is 4. The Morgan fingerprint density at radius 3 is 3.09 bits per heavy atom. The molecular formula is C10H15N. The SMILES string of the molecule is C=C(CC)NCC1=CC=CC1. The normalized spacial score (nSPS) is 14.8. The summed E-state index contributed by atoms with van der Waals surface area (Å²) in [7, 11) is 0. The molecule has 0 heterocycles. The molecule has 1 nitrogen and oxygen atoms in total. The predicted molar refractivity (Wildman–Crippen MR) is 49.3 cm³/mol. The van der Waals surface area contributed by atoms with E-state index in [1.165, 1.54) is 5.57 Å². The van der Waals surface area contributed by atoms with Gasteiger partial charge in [-0.25, -0.2) is 0 Å². The molecule has 1 aliphatic rings. The molecule has 0 saturated heterocycles. The van der Waals surface area contributed by atoms with Gasteiger partial charge in [0.15, 0.2) is 0 Å². The van der Waals surface area contributed by atoms with Crippen LogP contribution in [0.2, 0.25) is 0 Å². The third kappa shape index (κ3) is 2.62. The van der Waals surface area contributed by atoms with Gasteiger partial charge in [-0.2, -0.15) is 0 Å². The van der Waals surface area contributed by atoms with Gasteiger partial charge in [0.25, 0.3) is 0 Å². The highest BCUT2D eigenvalue weighted by atomic mass is 14.9. The average molecular weight is 149 g/mol. The maximum Gasteiger partial charge on any atom is 0.0363 e.